The monoisotopic (exact) mass is 163 g/mol. The topological polar surface area (TPSA) is 26.0 Å². The SMILES string of the molecule is C1=CC2=CC=C1C2.CCCCN. The first kappa shape index (κ1) is 9.27. The number of nitrogens with two attached hydrogens (primary N) is 1. The fraction of sp³-hybridized carbons (Fsp3) is 0.455. The van der Waals surface area contributed by atoms with E-state index in [0.29, 0.717) is 0 Å². The van der Waals surface area contributed by atoms with Crippen molar-refractivity contribution in [2.24, 2.45) is 5.73 Å². The van der Waals surface area contributed by atoms with E-state index >= 15 is 0 Å². The average Bonchev–Trinajstić information content (AvgIpc) is 2.69. The van der Waals surface area contributed by atoms with Crippen molar-refractivity contribution in [2.45, 2.75) is 26.2 Å². The maximum absolute atomic E-state index is 5.14. The van der Waals surface area contributed by atoms with Gasteiger partial charge in [0.2, 0.25) is 0 Å². The third-order valence-corrected chi connectivity index (χ3v) is 1.99. The summed E-state index contributed by atoms with van der Waals surface area (Å²) in [5.41, 5.74) is 8.07. The zero-order chi connectivity index (χ0) is 8.81. The quantitative estimate of drug-likeness (QED) is 0.665. The third kappa shape index (κ3) is 2.67. The first-order chi connectivity index (χ1) is 5.86. The lowest BCUT2D eigenvalue weighted by molar-refractivity contribution is 0.807. The van der Waals surface area contributed by atoms with Crippen molar-refractivity contribution in [3.05, 3.63) is 35.5 Å². The van der Waals surface area contributed by atoms with Gasteiger partial charge < -0.3 is 5.73 Å². The van der Waals surface area contributed by atoms with Crippen LogP contribution >= 0.6 is 0 Å². The Balaban J connectivity index is 0.000000130. The first-order valence-electron chi connectivity index (χ1n) is 4.64. The Kier molecular flexibility index (Phi) is 3.81. The second-order valence-electron chi connectivity index (χ2n) is 3.14. The van der Waals surface area contributed by atoms with Gasteiger partial charge >= 0.3 is 0 Å². The highest BCUT2D eigenvalue weighted by molar-refractivity contribution is 5.49. The summed E-state index contributed by atoms with van der Waals surface area (Å²) in [5.74, 6) is 0. The van der Waals surface area contributed by atoms with Gasteiger partial charge in [0.25, 0.3) is 0 Å². The standard InChI is InChI=1S/C7H6.C4H11N/c1-2-7-4-3-6(1)5-7;1-2-3-4-5/h1-4H,5H2;2-5H2,1H3. The van der Waals surface area contributed by atoms with Crippen LogP contribution in [0.4, 0.5) is 0 Å². The van der Waals surface area contributed by atoms with E-state index in [1.54, 1.807) is 0 Å². The molecule has 2 bridgehead atoms. The van der Waals surface area contributed by atoms with Gasteiger partial charge in [0.1, 0.15) is 0 Å². The summed E-state index contributed by atoms with van der Waals surface area (Å²) in [6.45, 7) is 2.98. The number of hydrogen-bond acceptors (Lipinski definition) is 1. The van der Waals surface area contributed by atoms with E-state index in [9.17, 15) is 0 Å². The molecule has 0 aromatic carbocycles. The predicted molar refractivity (Wildman–Crippen MR) is 53.9 cm³/mol. The van der Waals surface area contributed by atoms with E-state index in [4.69, 9.17) is 5.73 Å². The molecule has 2 rings (SSSR count). The molecule has 0 aliphatic heterocycles. The molecule has 0 radical (unpaired) electrons. The van der Waals surface area contributed by atoms with Crippen molar-refractivity contribution in [3.8, 4) is 0 Å². The molecule has 66 valence electrons. The van der Waals surface area contributed by atoms with Crippen molar-refractivity contribution in [3.63, 3.8) is 0 Å². The molecule has 1 heteroatoms. The molecule has 0 spiro atoms. The summed E-state index contributed by atoms with van der Waals surface area (Å²) in [6.07, 6.45) is 12.3. The van der Waals surface area contributed by atoms with Crippen LogP contribution in [0.1, 0.15) is 26.2 Å². The minimum atomic E-state index is 0.844. The van der Waals surface area contributed by atoms with E-state index in [2.05, 4.69) is 31.2 Å². The molecule has 2 aliphatic rings. The highest BCUT2D eigenvalue weighted by atomic mass is 14.5. The molecule has 2 aliphatic carbocycles. The molecule has 0 aromatic heterocycles. The minimum Gasteiger partial charge on any atom is -0.330 e. The molecular weight excluding hydrogens is 146 g/mol. The second-order valence-corrected chi connectivity index (χ2v) is 3.14. The van der Waals surface area contributed by atoms with Gasteiger partial charge in [0.05, 0.1) is 0 Å². The maximum Gasteiger partial charge on any atom is -0.00258 e. The molecule has 0 fully saturated rings. The Morgan fingerprint density at radius 1 is 1.25 bits per heavy atom. The van der Waals surface area contributed by atoms with Crippen LogP contribution in [0.3, 0.4) is 0 Å². The smallest absolute Gasteiger partial charge is 0.00258 e. The van der Waals surface area contributed by atoms with Crippen LogP contribution in [0, 0.1) is 0 Å². The van der Waals surface area contributed by atoms with Crippen LogP contribution in [0.5, 0.6) is 0 Å². The Bertz CT molecular complexity index is 199. The molecule has 12 heavy (non-hydrogen) atoms. The average molecular weight is 163 g/mol. The molecule has 0 saturated carbocycles. The summed E-state index contributed by atoms with van der Waals surface area (Å²) in [4.78, 5) is 0. The van der Waals surface area contributed by atoms with E-state index in [1.165, 1.54) is 30.4 Å². The Labute approximate surface area is 74.7 Å². The molecule has 2 N–H and O–H groups in total. The summed E-state index contributed by atoms with van der Waals surface area (Å²) in [6, 6.07) is 0. The van der Waals surface area contributed by atoms with Gasteiger partial charge in [-0.2, -0.15) is 0 Å². The molecule has 0 unspecified atom stereocenters. The highest BCUT2D eigenvalue weighted by Crippen LogP contribution is 2.27. The van der Waals surface area contributed by atoms with Crippen LogP contribution in [0.25, 0.3) is 0 Å². The van der Waals surface area contributed by atoms with Gasteiger partial charge in [-0.1, -0.05) is 37.6 Å². The number of allylic oxidation sites excluding steroid dienone is 6. The molecule has 0 aromatic rings. The van der Waals surface area contributed by atoms with Crippen LogP contribution in [-0.4, -0.2) is 6.54 Å². The van der Waals surface area contributed by atoms with Gasteiger partial charge in [-0.15, -0.1) is 0 Å². The van der Waals surface area contributed by atoms with Crippen LogP contribution in [-0.2, 0) is 0 Å². The highest BCUT2D eigenvalue weighted by Gasteiger charge is 2.07. The zero-order valence-corrected chi connectivity index (χ0v) is 7.72. The van der Waals surface area contributed by atoms with E-state index in [1.807, 2.05) is 0 Å². The lowest BCUT2D eigenvalue weighted by Gasteiger charge is -1.80. The Hall–Kier alpha value is -0.820. The summed E-state index contributed by atoms with van der Waals surface area (Å²) < 4.78 is 0. The van der Waals surface area contributed by atoms with Gasteiger partial charge in [0, 0.05) is 0 Å². The van der Waals surface area contributed by atoms with Crippen molar-refractivity contribution in [1.82, 2.24) is 0 Å². The van der Waals surface area contributed by atoms with Crippen LogP contribution in [0.15, 0.2) is 35.5 Å². The lowest BCUT2D eigenvalue weighted by Crippen LogP contribution is -1.95. The number of fused-ring (bicyclic) bond motifs is 2. The number of rotatable bonds is 2. The molecule has 0 amide bonds. The molecule has 0 atom stereocenters. The van der Waals surface area contributed by atoms with Gasteiger partial charge in [-0.3, -0.25) is 0 Å². The van der Waals surface area contributed by atoms with E-state index < -0.39 is 0 Å². The summed E-state index contributed by atoms with van der Waals surface area (Å²) in [5, 5.41) is 0. The Morgan fingerprint density at radius 2 is 1.83 bits per heavy atom. The summed E-state index contributed by atoms with van der Waals surface area (Å²) >= 11 is 0. The maximum atomic E-state index is 5.14. The van der Waals surface area contributed by atoms with E-state index in [-0.39, 0.29) is 0 Å². The summed E-state index contributed by atoms with van der Waals surface area (Å²) in [7, 11) is 0. The number of unbranched alkanes of at least 4 members (excludes halogenated alkanes) is 1. The molecule has 0 heterocycles. The van der Waals surface area contributed by atoms with Gasteiger partial charge in [-0.25, -0.2) is 0 Å². The lowest BCUT2D eigenvalue weighted by atomic mass is 10.3. The molecular formula is C11H17N. The number of hydrogen-bond donors (Lipinski definition) is 1. The normalized spacial score (nSPS) is 16.8. The fourth-order valence-corrected chi connectivity index (χ4v) is 1.21. The Morgan fingerprint density at radius 3 is 1.92 bits per heavy atom. The second kappa shape index (κ2) is 4.94. The van der Waals surface area contributed by atoms with Gasteiger partial charge in [-0.05, 0) is 30.5 Å². The largest absolute Gasteiger partial charge is 0.330 e. The third-order valence-electron chi connectivity index (χ3n) is 1.99. The zero-order valence-electron chi connectivity index (χ0n) is 7.72. The fourth-order valence-electron chi connectivity index (χ4n) is 1.21. The van der Waals surface area contributed by atoms with Crippen molar-refractivity contribution < 1.29 is 0 Å². The van der Waals surface area contributed by atoms with E-state index in [0.717, 1.165) is 6.54 Å². The predicted octanol–water partition coefficient (Wildman–Crippen LogP) is 2.56. The van der Waals surface area contributed by atoms with Crippen molar-refractivity contribution in [2.75, 3.05) is 6.54 Å². The van der Waals surface area contributed by atoms with Crippen LogP contribution < -0.4 is 5.73 Å². The van der Waals surface area contributed by atoms with Crippen LogP contribution in [0.2, 0.25) is 0 Å². The molecule has 0 saturated heterocycles. The van der Waals surface area contributed by atoms with Crippen molar-refractivity contribution in [1.29, 1.82) is 0 Å². The van der Waals surface area contributed by atoms with Crippen molar-refractivity contribution >= 4 is 0 Å². The first-order valence-corrected chi connectivity index (χ1v) is 4.64. The molecule has 1 nitrogen and oxygen atoms in total. The van der Waals surface area contributed by atoms with Gasteiger partial charge in [0.15, 0.2) is 0 Å². The minimum absolute atomic E-state index is 0.844.